The molecule has 0 aliphatic carbocycles. The summed E-state index contributed by atoms with van der Waals surface area (Å²) in [5.74, 6) is -0.0524. The number of rotatable bonds is 4. The van der Waals surface area contributed by atoms with Crippen LogP contribution in [0, 0.1) is 6.92 Å². The van der Waals surface area contributed by atoms with E-state index in [1.54, 1.807) is 4.90 Å². The minimum absolute atomic E-state index is 0.0109. The molecule has 0 aliphatic rings. The third-order valence-corrected chi connectivity index (χ3v) is 3.05. The molecule has 0 atom stereocenters. The summed E-state index contributed by atoms with van der Waals surface area (Å²) in [6.45, 7) is 4.83. The van der Waals surface area contributed by atoms with Crippen LogP contribution in [0.5, 0.6) is 0 Å². The van der Waals surface area contributed by atoms with E-state index in [2.05, 4.69) is 15.9 Å². The highest BCUT2D eigenvalue weighted by atomic mass is 79.9. The van der Waals surface area contributed by atoms with E-state index in [0.717, 1.165) is 10.0 Å². The molecule has 0 aromatic heterocycles. The summed E-state index contributed by atoms with van der Waals surface area (Å²) in [6.07, 6.45) is 0. The minimum Gasteiger partial charge on any atom is -0.395 e. The van der Waals surface area contributed by atoms with Crippen molar-refractivity contribution in [3.05, 3.63) is 33.8 Å². The highest BCUT2D eigenvalue weighted by Crippen LogP contribution is 2.19. The zero-order valence-electron chi connectivity index (χ0n) is 9.53. The molecular formula is C12H16BrNO2. The Morgan fingerprint density at radius 3 is 2.69 bits per heavy atom. The highest BCUT2D eigenvalue weighted by Gasteiger charge is 2.16. The lowest BCUT2D eigenvalue weighted by molar-refractivity contribution is 0.0731. The van der Waals surface area contributed by atoms with Crippen molar-refractivity contribution in [2.45, 2.75) is 13.8 Å². The van der Waals surface area contributed by atoms with Gasteiger partial charge in [0.25, 0.3) is 5.91 Å². The van der Waals surface area contributed by atoms with E-state index in [9.17, 15) is 4.79 Å². The first-order valence-corrected chi connectivity index (χ1v) is 6.05. The van der Waals surface area contributed by atoms with Gasteiger partial charge in [0, 0.05) is 17.6 Å². The van der Waals surface area contributed by atoms with Gasteiger partial charge in [-0.05, 0) is 47.5 Å². The van der Waals surface area contributed by atoms with Gasteiger partial charge in [-0.3, -0.25) is 4.79 Å². The fourth-order valence-electron chi connectivity index (χ4n) is 1.49. The summed E-state index contributed by atoms with van der Waals surface area (Å²) in [6, 6.07) is 5.63. The van der Waals surface area contributed by atoms with Crippen LogP contribution in [0.1, 0.15) is 22.8 Å². The van der Waals surface area contributed by atoms with Crippen LogP contribution >= 0.6 is 15.9 Å². The summed E-state index contributed by atoms with van der Waals surface area (Å²) in [5, 5.41) is 8.87. The van der Waals surface area contributed by atoms with Crippen LogP contribution in [0.2, 0.25) is 0 Å². The van der Waals surface area contributed by atoms with Crippen LogP contribution in [-0.4, -0.2) is 35.6 Å². The second-order valence-corrected chi connectivity index (χ2v) is 4.45. The number of halogens is 1. The number of carbonyl (C=O) groups excluding carboxylic acids is 1. The van der Waals surface area contributed by atoms with E-state index in [-0.39, 0.29) is 12.5 Å². The molecule has 88 valence electrons. The lowest BCUT2D eigenvalue weighted by Gasteiger charge is -2.20. The molecule has 0 saturated heterocycles. The second-order valence-electron chi connectivity index (χ2n) is 3.59. The minimum atomic E-state index is -0.0524. The molecule has 0 spiro atoms. The molecule has 1 aromatic carbocycles. The number of hydrogen-bond acceptors (Lipinski definition) is 2. The summed E-state index contributed by atoms with van der Waals surface area (Å²) < 4.78 is 0.800. The fraction of sp³-hybridized carbons (Fsp3) is 0.417. The molecule has 16 heavy (non-hydrogen) atoms. The molecule has 0 saturated carbocycles. The van der Waals surface area contributed by atoms with Crippen molar-refractivity contribution in [2.75, 3.05) is 19.7 Å². The van der Waals surface area contributed by atoms with E-state index >= 15 is 0 Å². The van der Waals surface area contributed by atoms with Crippen molar-refractivity contribution in [3.8, 4) is 0 Å². The topological polar surface area (TPSA) is 40.5 Å². The predicted molar refractivity (Wildman–Crippen MR) is 67.5 cm³/mol. The van der Waals surface area contributed by atoms with Gasteiger partial charge >= 0.3 is 0 Å². The third-order valence-electron chi connectivity index (χ3n) is 2.39. The van der Waals surface area contributed by atoms with Gasteiger partial charge in [0.2, 0.25) is 0 Å². The van der Waals surface area contributed by atoms with Crippen LogP contribution in [0.15, 0.2) is 22.7 Å². The Balaban J connectivity index is 2.94. The number of carbonyl (C=O) groups is 1. The van der Waals surface area contributed by atoms with Crippen LogP contribution in [-0.2, 0) is 0 Å². The van der Waals surface area contributed by atoms with E-state index in [1.807, 2.05) is 32.0 Å². The molecule has 3 nitrogen and oxygen atoms in total. The van der Waals surface area contributed by atoms with Gasteiger partial charge in [0.05, 0.1) is 12.2 Å². The number of aliphatic hydroxyl groups is 1. The Bertz CT molecular complexity index is 379. The Hall–Kier alpha value is -0.870. The Morgan fingerprint density at radius 2 is 2.19 bits per heavy atom. The SMILES string of the molecule is CCN(CCO)C(=O)c1ccc(C)cc1Br. The first kappa shape index (κ1) is 13.2. The van der Waals surface area contributed by atoms with E-state index in [0.29, 0.717) is 18.7 Å². The Labute approximate surface area is 104 Å². The zero-order chi connectivity index (χ0) is 12.1. The Morgan fingerprint density at radius 1 is 1.50 bits per heavy atom. The molecule has 0 fully saturated rings. The first-order valence-electron chi connectivity index (χ1n) is 5.26. The predicted octanol–water partition coefficient (Wildman–Crippen LogP) is 2.21. The average Bonchev–Trinajstić information content (AvgIpc) is 2.25. The summed E-state index contributed by atoms with van der Waals surface area (Å²) in [7, 11) is 0. The van der Waals surface area contributed by atoms with Crippen molar-refractivity contribution in [3.63, 3.8) is 0 Å². The third kappa shape index (κ3) is 3.06. The summed E-state index contributed by atoms with van der Waals surface area (Å²) >= 11 is 3.39. The average molecular weight is 286 g/mol. The highest BCUT2D eigenvalue weighted by molar-refractivity contribution is 9.10. The summed E-state index contributed by atoms with van der Waals surface area (Å²) in [5.41, 5.74) is 1.74. The first-order chi connectivity index (χ1) is 7.60. The molecular weight excluding hydrogens is 270 g/mol. The van der Waals surface area contributed by atoms with Crippen LogP contribution in [0.3, 0.4) is 0 Å². The van der Waals surface area contributed by atoms with E-state index < -0.39 is 0 Å². The van der Waals surface area contributed by atoms with Gasteiger partial charge in [0.15, 0.2) is 0 Å². The fourth-order valence-corrected chi connectivity index (χ4v) is 2.15. The molecule has 4 heteroatoms. The number of nitrogens with zero attached hydrogens (tertiary/aromatic N) is 1. The molecule has 0 unspecified atom stereocenters. The van der Waals surface area contributed by atoms with Gasteiger partial charge in [-0.2, -0.15) is 0 Å². The van der Waals surface area contributed by atoms with Gasteiger partial charge in [-0.25, -0.2) is 0 Å². The smallest absolute Gasteiger partial charge is 0.255 e. The molecule has 1 amide bonds. The normalized spacial score (nSPS) is 10.2. The number of benzene rings is 1. The zero-order valence-corrected chi connectivity index (χ0v) is 11.1. The molecule has 0 radical (unpaired) electrons. The molecule has 1 aromatic rings. The maximum atomic E-state index is 12.1. The number of likely N-dealkylation sites (N-methyl/N-ethyl adjacent to an activating group) is 1. The molecule has 0 heterocycles. The van der Waals surface area contributed by atoms with Gasteiger partial charge in [-0.15, -0.1) is 0 Å². The van der Waals surface area contributed by atoms with Gasteiger partial charge in [0.1, 0.15) is 0 Å². The lowest BCUT2D eigenvalue weighted by atomic mass is 10.1. The largest absolute Gasteiger partial charge is 0.395 e. The monoisotopic (exact) mass is 285 g/mol. The maximum Gasteiger partial charge on any atom is 0.255 e. The number of aryl methyl sites for hydroxylation is 1. The quantitative estimate of drug-likeness (QED) is 0.922. The van der Waals surface area contributed by atoms with Crippen molar-refractivity contribution in [1.29, 1.82) is 0 Å². The van der Waals surface area contributed by atoms with E-state index in [4.69, 9.17) is 5.11 Å². The molecule has 0 bridgehead atoms. The van der Waals surface area contributed by atoms with Crippen molar-refractivity contribution in [2.24, 2.45) is 0 Å². The number of amides is 1. The lowest BCUT2D eigenvalue weighted by Crippen LogP contribution is -2.33. The van der Waals surface area contributed by atoms with Crippen LogP contribution in [0.4, 0.5) is 0 Å². The molecule has 1 N–H and O–H groups in total. The molecule has 1 rings (SSSR count). The van der Waals surface area contributed by atoms with Gasteiger partial charge < -0.3 is 10.0 Å². The standard InChI is InChI=1S/C12H16BrNO2/c1-3-14(6-7-15)12(16)10-5-4-9(2)8-11(10)13/h4-5,8,15H,3,6-7H2,1-2H3. The maximum absolute atomic E-state index is 12.1. The van der Waals surface area contributed by atoms with Crippen molar-refractivity contribution >= 4 is 21.8 Å². The van der Waals surface area contributed by atoms with Crippen molar-refractivity contribution in [1.82, 2.24) is 4.90 Å². The van der Waals surface area contributed by atoms with Crippen LogP contribution < -0.4 is 0 Å². The van der Waals surface area contributed by atoms with Gasteiger partial charge in [-0.1, -0.05) is 6.07 Å². The summed E-state index contributed by atoms with van der Waals surface area (Å²) in [4.78, 5) is 13.7. The number of aliphatic hydroxyl groups excluding tert-OH is 1. The Kier molecular flexibility index (Phi) is 4.96. The van der Waals surface area contributed by atoms with Crippen LogP contribution in [0.25, 0.3) is 0 Å². The second kappa shape index (κ2) is 6.01. The molecule has 0 aliphatic heterocycles. The van der Waals surface area contributed by atoms with E-state index in [1.165, 1.54) is 0 Å². The van der Waals surface area contributed by atoms with Crippen molar-refractivity contribution < 1.29 is 9.90 Å². The number of hydrogen-bond donors (Lipinski definition) is 1.